The van der Waals surface area contributed by atoms with E-state index in [1.54, 1.807) is 20.0 Å². The number of aliphatic imine (C=N–C) groups is 1. The van der Waals surface area contributed by atoms with E-state index in [0.29, 0.717) is 12.1 Å². The molecule has 1 aliphatic rings. The Bertz CT molecular complexity index is 835. The highest BCUT2D eigenvalue weighted by atomic mass is 127. The first-order valence-corrected chi connectivity index (χ1v) is 9.87. The Labute approximate surface area is 190 Å². The molecule has 0 amide bonds. The molecule has 0 saturated carbocycles. The molecule has 0 atom stereocenters. The van der Waals surface area contributed by atoms with Crippen molar-refractivity contribution in [1.29, 1.82) is 0 Å². The number of ether oxygens (including phenoxy) is 1. The van der Waals surface area contributed by atoms with Crippen LogP contribution in [0.4, 0.5) is 4.39 Å². The number of benzene rings is 2. The van der Waals surface area contributed by atoms with Crippen molar-refractivity contribution in [2.45, 2.75) is 38.6 Å². The van der Waals surface area contributed by atoms with Gasteiger partial charge in [-0.3, -0.25) is 4.99 Å². The quantitative estimate of drug-likeness (QED) is 0.354. The third kappa shape index (κ3) is 5.92. The van der Waals surface area contributed by atoms with Crippen LogP contribution >= 0.6 is 24.0 Å². The average molecular weight is 511 g/mol. The van der Waals surface area contributed by atoms with Gasteiger partial charge >= 0.3 is 0 Å². The van der Waals surface area contributed by atoms with Gasteiger partial charge in [-0.05, 0) is 55.0 Å². The van der Waals surface area contributed by atoms with Crippen molar-refractivity contribution in [2.75, 3.05) is 26.8 Å². The van der Waals surface area contributed by atoms with E-state index in [-0.39, 0.29) is 35.2 Å². The van der Waals surface area contributed by atoms with Gasteiger partial charge in [-0.2, -0.15) is 0 Å². The van der Waals surface area contributed by atoms with E-state index in [1.165, 1.54) is 17.2 Å². The van der Waals surface area contributed by atoms with Crippen LogP contribution in [0.25, 0.3) is 0 Å². The largest absolute Gasteiger partial charge is 0.381 e. The Morgan fingerprint density at radius 3 is 2.45 bits per heavy atom. The molecule has 0 bridgehead atoms. The number of halogens is 2. The Balaban J connectivity index is 0.00000300. The second-order valence-corrected chi connectivity index (χ2v) is 7.57. The van der Waals surface area contributed by atoms with Crippen LogP contribution in [-0.4, -0.2) is 32.8 Å². The maximum Gasteiger partial charge on any atom is 0.191 e. The van der Waals surface area contributed by atoms with E-state index in [2.05, 4.69) is 46.8 Å². The standard InChI is InChI=1S/C23H30FN3O.HI/c1-17-6-4-5-7-20(17)23(10-12-28-13-11-23)16-27-22(25-3)26-15-19-8-9-21(24)18(2)14-19;/h4-9,14H,10-13,15-16H2,1-3H3,(H2,25,26,27);1H. The SMILES string of the molecule is CN=C(NCc1ccc(F)c(C)c1)NCC1(c2ccccc2C)CCOCC1.I. The highest BCUT2D eigenvalue weighted by molar-refractivity contribution is 14.0. The number of hydrogen-bond donors (Lipinski definition) is 2. The zero-order valence-corrected chi connectivity index (χ0v) is 19.8. The highest BCUT2D eigenvalue weighted by Gasteiger charge is 2.35. The van der Waals surface area contributed by atoms with Crippen LogP contribution in [-0.2, 0) is 16.7 Å². The minimum atomic E-state index is -0.175. The van der Waals surface area contributed by atoms with Crippen LogP contribution in [0.2, 0.25) is 0 Å². The summed E-state index contributed by atoms with van der Waals surface area (Å²) in [6.45, 7) is 6.90. The van der Waals surface area contributed by atoms with E-state index in [1.807, 2.05) is 6.07 Å². The fourth-order valence-electron chi connectivity index (χ4n) is 3.95. The first kappa shape index (κ1) is 23.6. The van der Waals surface area contributed by atoms with Gasteiger partial charge in [0.05, 0.1) is 0 Å². The van der Waals surface area contributed by atoms with E-state index in [0.717, 1.165) is 44.1 Å². The minimum Gasteiger partial charge on any atom is -0.381 e. The maximum absolute atomic E-state index is 13.5. The van der Waals surface area contributed by atoms with Gasteiger partial charge in [0, 0.05) is 38.8 Å². The number of nitrogens with zero attached hydrogens (tertiary/aromatic N) is 1. The van der Waals surface area contributed by atoms with Gasteiger partial charge in [0.1, 0.15) is 5.82 Å². The molecule has 1 aliphatic heterocycles. The number of guanidine groups is 1. The molecule has 29 heavy (non-hydrogen) atoms. The molecular formula is C23H31FIN3O. The molecule has 1 heterocycles. The summed E-state index contributed by atoms with van der Waals surface area (Å²) in [4.78, 5) is 4.36. The van der Waals surface area contributed by atoms with Crippen LogP contribution in [0.1, 0.15) is 35.1 Å². The average Bonchev–Trinajstić information content (AvgIpc) is 2.71. The Hall–Kier alpha value is -1.67. The molecule has 0 aromatic heterocycles. The van der Waals surface area contributed by atoms with Crippen LogP contribution in [0.15, 0.2) is 47.5 Å². The zero-order valence-electron chi connectivity index (χ0n) is 17.4. The summed E-state index contributed by atoms with van der Waals surface area (Å²) in [7, 11) is 1.77. The molecule has 1 fully saturated rings. The highest BCUT2D eigenvalue weighted by Crippen LogP contribution is 2.36. The molecule has 0 aliphatic carbocycles. The Morgan fingerprint density at radius 2 is 1.79 bits per heavy atom. The van der Waals surface area contributed by atoms with Gasteiger partial charge in [0.25, 0.3) is 0 Å². The van der Waals surface area contributed by atoms with Crippen molar-refractivity contribution >= 4 is 29.9 Å². The number of nitrogens with one attached hydrogen (secondary N) is 2. The molecule has 0 radical (unpaired) electrons. The lowest BCUT2D eigenvalue weighted by Gasteiger charge is -2.39. The van der Waals surface area contributed by atoms with Crippen LogP contribution < -0.4 is 10.6 Å². The van der Waals surface area contributed by atoms with E-state index in [9.17, 15) is 4.39 Å². The number of rotatable bonds is 5. The van der Waals surface area contributed by atoms with Crippen molar-refractivity contribution in [3.05, 3.63) is 70.5 Å². The first-order chi connectivity index (χ1) is 13.5. The Kier molecular flexibility index (Phi) is 8.89. The molecule has 6 heteroatoms. The Morgan fingerprint density at radius 1 is 1.07 bits per heavy atom. The molecule has 2 N–H and O–H groups in total. The third-order valence-electron chi connectivity index (χ3n) is 5.67. The van der Waals surface area contributed by atoms with Crippen LogP contribution in [0.5, 0.6) is 0 Å². The van der Waals surface area contributed by atoms with Crippen LogP contribution in [0, 0.1) is 19.7 Å². The number of aryl methyl sites for hydroxylation is 2. The molecule has 4 nitrogen and oxygen atoms in total. The summed E-state index contributed by atoms with van der Waals surface area (Å²) in [6, 6.07) is 13.8. The molecule has 0 spiro atoms. The predicted octanol–water partition coefficient (Wildman–Crippen LogP) is 4.47. The van der Waals surface area contributed by atoms with Crippen LogP contribution in [0.3, 0.4) is 0 Å². The van der Waals surface area contributed by atoms with Gasteiger partial charge in [-0.25, -0.2) is 4.39 Å². The molecule has 0 unspecified atom stereocenters. The van der Waals surface area contributed by atoms with E-state index < -0.39 is 0 Å². The minimum absolute atomic E-state index is 0. The first-order valence-electron chi connectivity index (χ1n) is 9.87. The summed E-state index contributed by atoms with van der Waals surface area (Å²) in [6.07, 6.45) is 1.97. The summed E-state index contributed by atoms with van der Waals surface area (Å²) in [5, 5.41) is 6.85. The molecule has 2 aromatic carbocycles. The summed E-state index contributed by atoms with van der Waals surface area (Å²) in [5.41, 5.74) is 4.42. The predicted molar refractivity (Wildman–Crippen MR) is 128 cm³/mol. The van der Waals surface area contributed by atoms with Crippen molar-refractivity contribution in [1.82, 2.24) is 10.6 Å². The lowest BCUT2D eigenvalue weighted by molar-refractivity contribution is 0.0512. The van der Waals surface area contributed by atoms with Crippen molar-refractivity contribution in [2.24, 2.45) is 4.99 Å². The maximum atomic E-state index is 13.5. The molecule has 3 rings (SSSR count). The lowest BCUT2D eigenvalue weighted by atomic mass is 9.72. The topological polar surface area (TPSA) is 45.7 Å². The van der Waals surface area contributed by atoms with Crippen molar-refractivity contribution in [3.8, 4) is 0 Å². The molecule has 158 valence electrons. The third-order valence-corrected chi connectivity index (χ3v) is 5.67. The van der Waals surface area contributed by atoms with Crippen molar-refractivity contribution < 1.29 is 9.13 Å². The van der Waals surface area contributed by atoms with E-state index >= 15 is 0 Å². The normalized spacial score (nSPS) is 16.1. The zero-order chi connectivity index (χ0) is 20.0. The lowest BCUT2D eigenvalue weighted by Crippen LogP contribution is -2.48. The molecule has 1 saturated heterocycles. The fraction of sp³-hybridized carbons (Fsp3) is 0.435. The van der Waals surface area contributed by atoms with E-state index in [4.69, 9.17) is 4.74 Å². The van der Waals surface area contributed by atoms with Gasteiger partial charge in [-0.1, -0.05) is 36.4 Å². The summed E-state index contributed by atoms with van der Waals surface area (Å²) < 4.78 is 19.1. The van der Waals surface area contributed by atoms with Gasteiger partial charge in [-0.15, -0.1) is 24.0 Å². The van der Waals surface area contributed by atoms with Gasteiger partial charge in [0.2, 0.25) is 0 Å². The second-order valence-electron chi connectivity index (χ2n) is 7.57. The van der Waals surface area contributed by atoms with Gasteiger partial charge in [0.15, 0.2) is 5.96 Å². The van der Waals surface area contributed by atoms with Gasteiger partial charge < -0.3 is 15.4 Å². The second kappa shape index (κ2) is 10.9. The van der Waals surface area contributed by atoms with Crippen molar-refractivity contribution in [3.63, 3.8) is 0 Å². The fourth-order valence-corrected chi connectivity index (χ4v) is 3.95. The number of hydrogen-bond acceptors (Lipinski definition) is 2. The molecule has 2 aromatic rings. The summed E-state index contributed by atoms with van der Waals surface area (Å²) in [5.74, 6) is 0.576. The molecular weight excluding hydrogens is 480 g/mol. The smallest absolute Gasteiger partial charge is 0.191 e. The monoisotopic (exact) mass is 511 g/mol. The summed E-state index contributed by atoms with van der Waals surface area (Å²) >= 11 is 0.